The lowest BCUT2D eigenvalue weighted by atomic mass is 10.4. The number of halogens is 1. The van der Waals surface area contributed by atoms with E-state index in [-0.39, 0.29) is 5.52 Å². The van der Waals surface area contributed by atoms with E-state index in [1.165, 1.54) is 16.8 Å². The number of hydrogen-bond donors (Lipinski definition) is 1. The smallest absolute Gasteiger partial charge is 0.360 e. The van der Waals surface area contributed by atoms with Crippen molar-refractivity contribution in [1.29, 1.82) is 0 Å². The molecule has 0 spiro atoms. The van der Waals surface area contributed by atoms with Crippen molar-refractivity contribution in [3.8, 4) is 0 Å². The second-order valence-electron chi connectivity index (χ2n) is 3.30. The summed E-state index contributed by atoms with van der Waals surface area (Å²) in [7, 11) is 0. The number of aromatic nitrogens is 3. The Morgan fingerprint density at radius 1 is 1.56 bits per heavy atom. The van der Waals surface area contributed by atoms with Crippen LogP contribution < -0.4 is 5.56 Å². The molecule has 2 heterocycles. The summed E-state index contributed by atoms with van der Waals surface area (Å²) in [5, 5.41) is 12.4. The summed E-state index contributed by atoms with van der Waals surface area (Å²) in [5.74, 6) is -1.71. The maximum atomic E-state index is 13.2. The van der Waals surface area contributed by atoms with Crippen LogP contribution in [0, 0.1) is 6.92 Å². The molecule has 1 atom stereocenters. The van der Waals surface area contributed by atoms with E-state index in [4.69, 9.17) is 5.11 Å². The predicted molar refractivity (Wildman–Crippen MR) is 52.0 cm³/mol. The number of carboxylic acid groups (broad SMARTS) is 1. The van der Waals surface area contributed by atoms with Crippen molar-refractivity contribution in [3.05, 3.63) is 34.5 Å². The van der Waals surface area contributed by atoms with Gasteiger partial charge in [-0.05, 0) is 13.0 Å². The molecule has 0 aromatic carbocycles. The van der Waals surface area contributed by atoms with Crippen LogP contribution in [0.2, 0.25) is 0 Å². The number of hydrogen-bond acceptors (Lipinski definition) is 3. The van der Waals surface area contributed by atoms with E-state index in [0.29, 0.717) is 10.3 Å². The Hall–Kier alpha value is -2.18. The van der Waals surface area contributed by atoms with Crippen molar-refractivity contribution < 1.29 is 14.3 Å². The van der Waals surface area contributed by atoms with Crippen molar-refractivity contribution >= 4 is 11.5 Å². The van der Waals surface area contributed by atoms with Crippen molar-refractivity contribution in [1.82, 2.24) is 14.2 Å². The van der Waals surface area contributed by atoms with Gasteiger partial charge in [-0.25, -0.2) is 13.7 Å². The van der Waals surface area contributed by atoms with Gasteiger partial charge in [0.2, 0.25) is 0 Å². The summed E-state index contributed by atoms with van der Waals surface area (Å²) < 4.78 is 15.0. The van der Waals surface area contributed by atoms with E-state index < -0.39 is 17.8 Å². The SMILES string of the molecule is Cc1cc2c(=O)n(C(F)C(=O)O)ccn2n1. The first kappa shape index (κ1) is 10.3. The number of alkyl halides is 1. The average molecular weight is 225 g/mol. The Bertz CT molecular complexity index is 616. The molecule has 16 heavy (non-hydrogen) atoms. The number of carbonyl (C=O) groups is 1. The lowest BCUT2D eigenvalue weighted by Gasteiger charge is -2.06. The largest absolute Gasteiger partial charge is 0.478 e. The zero-order chi connectivity index (χ0) is 11.9. The summed E-state index contributed by atoms with van der Waals surface area (Å²) in [6, 6.07) is 1.47. The maximum Gasteiger partial charge on any atom is 0.360 e. The summed E-state index contributed by atoms with van der Waals surface area (Å²) in [6.07, 6.45) is 0.00695. The number of carboxylic acids is 1. The van der Waals surface area contributed by atoms with Crippen LogP contribution in [0.5, 0.6) is 0 Å². The Labute approximate surface area is 88.5 Å². The summed E-state index contributed by atoms with van der Waals surface area (Å²) >= 11 is 0. The van der Waals surface area contributed by atoms with Gasteiger partial charge in [-0.15, -0.1) is 0 Å². The van der Waals surface area contributed by atoms with Gasteiger partial charge in [0.1, 0.15) is 5.52 Å². The maximum absolute atomic E-state index is 13.2. The first-order valence-electron chi connectivity index (χ1n) is 4.44. The van der Waals surface area contributed by atoms with Crippen LogP contribution in [0.25, 0.3) is 5.52 Å². The summed E-state index contributed by atoms with van der Waals surface area (Å²) in [5.41, 5.74) is 0.0162. The van der Waals surface area contributed by atoms with Gasteiger partial charge in [-0.3, -0.25) is 9.36 Å². The molecule has 6 nitrogen and oxygen atoms in total. The van der Waals surface area contributed by atoms with Gasteiger partial charge in [-0.2, -0.15) is 5.10 Å². The molecule has 0 radical (unpaired) electrons. The highest BCUT2D eigenvalue weighted by Crippen LogP contribution is 2.07. The molecular weight excluding hydrogens is 217 g/mol. The number of rotatable bonds is 2. The molecular formula is C9H8FN3O3. The number of aliphatic carboxylic acids is 1. The first-order chi connectivity index (χ1) is 7.50. The van der Waals surface area contributed by atoms with Gasteiger partial charge >= 0.3 is 5.97 Å². The van der Waals surface area contributed by atoms with Gasteiger partial charge < -0.3 is 5.11 Å². The molecule has 2 aromatic heterocycles. The lowest BCUT2D eigenvalue weighted by molar-refractivity contribution is -0.146. The molecule has 0 fully saturated rings. The average Bonchev–Trinajstić information content (AvgIpc) is 2.59. The van der Waals surface area contributed by atoms with Crippen molar-refractivity contribution in [3.63, 3.8) is 0 Å². The Balaban J connectivity index is 2.69. The summed E-state index contributed by atoms with van der Waals surface area (Å²) in [4.78, 5) is 22.1. The van der Waals surface area contributed by atoms with Gasteiger partial charge in [0.25, 0.3) is 11.9 Å². The van der Waals surface area contributed by atoms with Crippen molar-refractivity contribution in [2.75, 3.05) is 0 Å². The molecule has 2 rings (SSSR count). The molecule has 1 unspecified atom stereocenters. The molecule has 0 amide bonds. The Kier molecular flexibility index (Phi) is 2.22. The van der Waals surface area contributed by atoms with Crippen LogP contribution in [0.4, 0.5) is 4.39 Å². The van der Waals surface area contributed by atoms with E-state index in [2.05, 4.69) is 5.10 Å². The van der Waals surface area contributed by atoms with Crippen LogP contribution in [0.3, 0.4) is 0 Å². The second kappa shape index (κ2) is 3.44. The van der Waals surface area contributed by atoms with Crippen LogP contribution in [-0.4, -0.2) is 25.3 Å². The highest BCUT2D eigenvalue weighted by molar-refractivity contribution is 5.70. The van der Waals surface area contributed by atoms with Gasteiger partial charge in [0, 0.05) is 12.4 Å². The monoisotopic (exact) mass is 225 g/mol. The molecule has 2 aromatic rings. The highest BCUT2D eigenvalue weighted by Gasteiger charge is 2.20. The zero-order valence-electron chi connectivity index (χ0n) is 8.29. The third kappa shape index (κ3) is 1.46. The van der Waals surface area contributed by atoms with Crippen LogP contribution in [0.1, 0.15) is 12.0 Å². The molecule has 0 bridgehead atoms. The van der Waals surface area contributed by atoms with Gasteiger partial charge in [0.05, 0.1) is 5.69 Å². The standard InChI is InChI=1S/C9H8FN3O3/c1-5-4-6-8(14)12(7(10)9(15)16)2-3-13(6)11-5/h2-4,7H,1H3,(H,15,16). The normalized spacial score (nSPS) is 12.9. The lowest BCUT2D eigenvalue weighted by Crippen LogP contribution is -2.27. The number of aryl methyl sites for hydroxylation is 1. The molecule has 1 N–H and O–H groups in total. The van der Waals surface area contributed by atoms with Crippen LogP contribution in [0.15, 0.2) is 23.3 Å². The molecule has 84 valence electrons. The third-order valence-electron chi connectivity index (χ3n) is 2.13. The van der Waals surface area contributed by atoms with E-state index in [1.54, 1.807) is 6.92 Å². The third-order valence-corrected chi connectivity index (χ3v) is 2.13. The van der Waals surface area contributed by atoms with E-state index in [0.717, 1.165) is 6.20 Å². The molecule has 0 aliphatic carbocycles. The fourth-order valence-electron chi connectivity index (χ4n) is 1.42. The minimum Gasteiger partial charge on any atom is -0.478 e. The molecule has 7 heteroatoms. The second-order valence-corrected chi connectivity index (χ2v) is 3.30. The molecule has 0 saturated heterocycles. The molecule has 0 aliphatic rings. The van der Waals surface area contributed by atoms with Crippen molar-refractivity contribution in [2.45, 2.75) is 13.2 Å². The number of nitrogens with zero attached hydrogens (tertiary/aromatic N) is 3. The predicted octanol–water partition coefficient (Wildman–Crippen LogP) is 0.357. The van der Waals surface area contributed by atoms with E-state index in [1.807, 2.05) is 0 Å². The first-order valence-corrected chi connectivity index (χ1v) is 4.44. The van der Waals surface area contributed by atoms with E-state index >= 15 is 0 Å². The molecule has 0 saturated carbocycles. The molecule has 0 aliphatic heterocycles. The fourth-order valence-corrected chi connectivity index (χ4v) is 1.42. The van der Waals surface area contributed by atoms with Crippen LogP contribution >= 0.6 is 0 Å². The topological polar surface area (TPSA) is 76.6 Å². The van der Waals surface area contributed by atoms with Crippen LogP contribution in [-0.2, 0) is 4.79 Å². The summed E-state index contributed by atoms with van der Waals surface area (Å²) in [6.45, 7) is 1.68. The Morgan fingerprint density at radius 2 is 2.25 bits per heavy atom. The fraction of sp³-hybridized carbons (Fsp3) is 0.222. The van der Waals surface area contributed by atoms with Gasteiger partial charge in [0.15, 0.2) is 0 Å². The van der Waals surface area contributed by atoms with Crippen molar-refractivity contribution in [2.24, 2.45) is 0 Å². The van der Waals surface area contributed by atoms with Gasteiger partial charge in [-0.1, -0.05) is 0 Å². The quantitative estimate of drug-likeness (QED) is 0.800. The highest BCUT2D eigenvalue weighted by atomic mass is 19.1. The minimum absolute atomic E-state index is 0.143. The Morgan fingerprint density at radius 3 is 2.88 bits per heavy atom. The van der Waals surface area contributed by atoms with E-state index in [9.17, 15) is 14.0 Å². The minimum atomic E-state index is -2.38. The number of fused-ring (bicyclic) bond motifs is 1. The zero-order valence-corrected chi connectivity index (χ0v) is 8.29.